The van der Waals surface area contributed by atoms with Crippen molar-refractivity contribution < 1.29 is 23.9 Å². The Bertz CT molecular complexity index is 1050. The number of hydrogen-bond acceptors (Lipinski definition) is 5. The van der Waals surface area contributed by atoms with Gasteiger partial charge in [-0.15, -0.1) is 0 Å². The maximum atomic E-state index is 13.0. The van der Waals surface area contributed by atoms with Crippen LogP contribution in [0.25, 0.3) is 6.08 Å². The third-order valence-corrected chi connectivity index (χ3v) is 5.25. The van der Waals surface area contributed by atoms with Crippen molar-refractivity contribution in [2.45, 2.75) is 20.3 Å². The fourth-order valence-electron chi connectivity index (χ4n) is 2.89. The third kappa shape index (κ3) is 5.08. The summed E-state index contributed by atoms with van der Waals surface area (Å²) in [5.74, 6) is -0.487. The number of halogens is 2. The van der Waals surface area contributed by atoms with Gasteiger partial charge >= 0.3 is 6.03 Å². The van der Waals surface area contributed by atoms with Gasteiger partial charge in [-0.2, -0.15) is 0 Å². The summed E-state index contributed by atoms with van der Waals surface area (Å²) in [6, 6.07) is 8.73. The van der Waals surface area contributed by atoms with Gasteiger partial charge in [-0.3, -0.25) is 14.9 Å². The van der Waals surface area contributed by atoms with E-state index in [1.54, 1.807) is 24.3 Å². The van der Waals surface area contributed by atoms with Crippen LogP contribution in [0.2, 0.25) is 5.02 Å². The lowest BCUT2D eigenvalue weighted by Gasteiger charge is -2.26. The molecule has 1 saturated heterocycles. The molecule has 2 aromatic carbocycles. The number of carbonyl (C=O) groups is 3. The molecule has 0 aliphatic carbocycles. The molecule has 1 aliphatic rings. The zero-order chi connectivity index (χ0) is 22.5. The first kappa shape index (κ1) is 22.8. The number of urea groups is 1. The van der Waals surface area contributed by atoms with Crippen LogP contribution >= 0.6 is 27.5 Å². The molecule has 0 atom stereocenters. The van der Waals surface area contributed by atoms with Crippen LogP contribution in [-0.4, -0.2) is 31.1 Å². The molecule has 7 nitrogen and oxygen atoms in total. The largest absolute Gasteiger partial charge is 0.490 e. The second-order valence-corrected chi connectivity index (χ2v) is 7.83. The molecule has 31 heavy (non-hydrogen) atoms. The van der Waals surface area contributed by atoms with Gasteiger partial charge in [-0.25, -0.2) is 9.69 Å². The number of carbonyl (C=O) groups excluding carboxylic acids is 3. The van der Waals surface area contributed by atoms with Crippen molar-refractivity contribution in [1.82, 2.24) is 5.32 Å². The number of ether oxygens (including phenoxy) is 2. The summed E-state index contributed by atoms with van der Waals surface area (Å²) in [6.45, 7) is 4.77. The number of barbiturate groups is 1. The summed E-state index contributed by atoms with van der Waals surface area (Å²) in [5, 5.41) is 2.65. The van der Waals surface area contributed by atoms with Crippen molar-refractivity contribution in [2.24, 2.45) is 0 Å². The smallest absolute Gasteiger partial charge is 0.335 e. The van der Waals surface area contributed by atoms with E-state index in [0.717, 1.165) is 11.3 Å². The Kier molecular flexibility index (Phi) is 7.35. The second kappa shape index (κ2) is 9.98. The Morgan fingerprint density at radius 2 is 1.74 bits per heavy atom. The number of benzene rings is 2. The third-order valence-electron chi connectivity index (χ3n) is 4.31. The predicted molar refractivity (Wildman–Crippen MR) is 122 cm³/mol. The van der Waals surface area contributed by atoms with Crippen molar-refractivity contribution in [3.05, 3.63) is 57.0 Å². The molecule has 0 spiro atoms. The maximum Gasteiger partial charge on any atom is 0.335 e. The van der Waals surface area contributed by atoms with Crippen LogP contribution in [0.4, 0.5) is 10.5 Å². The molecular weight excluding hydrogens is 488 g/mol. The number of amides is 4. The number of nitrogens with one attached hydrogen (secondary N) is 1. The quantitative estimate of drug-likeness (QED) is 0.423. The number of rotatable bonds is 7. The van der Waals surface area contributed by atoms with Gasteiger partial charge in [0.05, 0.1) is 18.9 Å². The Labute approximate surface area is 193 Å². The summed E-state index contributed by atoms with van der Waals surface area (Å²) >= 11 is 9.34. The standard InChI is InChI=1S/C22H20BrClN2O5/c1-3-9-31-19-12-17(23)13(11-18(19)30-4-2)10-16-20(27)25-22(29)26(21(16)28)15-7-5-14(24)6-8-15/h5-8,10-12H,3-4,9H2,1-2H3,(H,25,27,29)/b16-10-. The van der Waals surface area contributed by atoms with E-state index in [9.17, 15) is 14.4 Å². The molecule has 1 N–H and O–H groups in total. The van der Waals surface area contributed by atoms with Crippen molar-refractivity contribution in [3.8, 4) is 11.5 Å². The summed E-state index contributed by atoms with van der Waals surface area (Å²) in [4.78, 5) is 38.7. The van der Waals surface area contributed by atoms with Gasteiger partial charge in [0.1, 0.15) is 5.57 Å². The zero-order valence-electron chi connectivity index (χ0n) is 16.9. The van der Waals surface area contributed by atoms with Gasteiger partial charge in [-0.1, -0.05) is 34.5 Å². The molecule has 1 aliphatic heterocycles. The Morgan fingerprint density at radius 1 is 1.06 bits per heavy atom. The van der Waals surface area contributed by atoms with Gasteiger partial charge in [0.15, 0.2) is 11.5 Å². The number of imide groups is 2. The minimum absolute atomic E-state index is 0.195. The van der Waals surface area contributed by atoms with E-state index in [4.69, 9.17) is 21.1 Å². The molecular formula is C22H20BrClN2O5. The number of anilines is 1. The van der Waals surface area contributed by atoms with E-state index in [2.05, 4.69) is 21.2 Å². The van der Waals surface area contributed by atoms with Crippen LogP contribution in [0.5, 0.6) is 11.5 Å². The first-order valence-electron chi connectivity index (χ1n) is 9.61. The molecule has 1 fully saturated rings. The van der Waals surface area contributed by atoms with Crippen LogP contribution < -0.4 is 19.7 Å². The summed E-state index contributed by atoms with van der Waals surface area (Å²) in [6.07, 6.45) is 2.24. The zero-order valence-corrected chi connectivity index (χ0v) is 19.2. The Balaban J connectivity index is 2.01. The van der Waals surface area contributed by atoms with E-state index in [1.807, 2.05) is 13.8 Å². The van der Waals surface area contributed by atoms with Gasteiger partial charge < -0.3 is 9.47 Å². The van der Waals surface area contributed by atoms with E-state index >= 15 is 0 Å². The van der Waals surface area contributed by atoms with Crippen LogP contribution in [0.1, 0.15) is 25.8 Å². The van der Waals surface area contributed by atoms with Crippen LogP contribution in [-0.2, 0) is 9.59 Å². The normalized spacial score (nSPS) is 15.3. The van der Waals surface area contributed by atoms with Gasteiger partial charge in [-0.05, 0) is 61.4 Å². The van der Waals surface area contributed by atoms with Gasteiger partial charge in [0, 0.05) is 9.50 Å². The van der Waals surface area contributed by atoms with Crippen molar-refractivity contribution in [1.29, 1.82) is 0 Å². The van der Waals surface area contributed by atoms with Crippen LogP contribution in [0, 0.1) is 0 Å². The second-order valence-electron chi connectivity index (χ2n) is 6.54. The lowest BCUT2D eigenvalue weighted by Crippen LogP contribution is -2.54. The van der Waals surface area contributed by atoms with Crippen LogP contribution in [0.3, 0.4) is 0 Å². The van der Waals surface area contributed by atoms with E-state index < -0.39 is 17.8 Å². The molecule has 9 heteroatoms. The SMILES string of the molecule is CCCOc1cc(Br)c(/C=C2/C(=O)NC(=O)N(c3ccc(Cl)cc3)C2=O)cc1OCC. The molecule has 0 radical (unpaired) electrons. The van der Waals surface area contributed by atoms with Crippen molar-refractivity contribution >= 4 is 57.1 Å². The fraction of sp³-hybridized carbons (Fsp3) is 0.227. The summed E-state index contributed by atoms with van der Waals surface area (Å²) < 4.78 is 12.0. The van der Waals surface area contributed by atoms with Crippen molar-refractivity contribution in [2.75, 3.05) is 18.1 Å². The molecule has 0 unspecified atom stereocenters. The molecule has 4 amide bonds. The topological polar surface area (TPSA) is 84.9 Å². The number of nitrogens with zero attached hydrogens (tertiary/aromatic N) is 1. The molecule has 0 saturated carbocycles. The fourth-order valence-corrected chi connectivity index (χ4v) is 3.46. The highest BCUT2D eigenvalue weighted by Gasteiger charge is 2.37. The lowest BCUT2D eigenvalue weighted by molar-refractivity contribution is -0.122. The van der Waals surface area contributed by atoms with Crippen molar-refractivity contribution in [3.63, 3.8) is 0 Å². The minimum Gasteiger partial charge on any atom is -0.490 e. The minimum atomic E-state index is -0.827. The monoisotopic (exact) mass is 506 g/mol. The Hall–Kier alpha value is -2.84. The molecule has 0 aromatic heterocycles. The first-order chi connectivity index (χ1) is 14.8. The van der Waals surface area contributed by atoms with E-state index in [0.29, 0.717) is 45.5 Å². The van der Waals surface area contributed by atoms with Crippen LogP contribution in [0.15, 0.2) is 46.4 Å². The average Bonchev–Trinajstić information content (AvgIpc) is 2.73. The number of hydrogen-bond donors (Lipinski definition) is 1. The van der Waals surface area contributed by atoms with Gasteiger partial charge in [0.25, 0.3) is 11.8 Å². The van der Waals surface area contributed by atoms with E-state index in [-0.39, 0.29) is 5.57 Å². The predicted octanol–water partition coefficient (Wildman–Crippen LogP) is 4.96. The molecule has 1 heterocycles. The highest BCUT2D eigenvalue weighted by atomic mass is 79.9. The maximum absolute atomic E-state index is 13.0. The molecule has 2 aromatic rings. The molecule has 162 valence electrons. The average molecular weight is 508 g/mol. The lowest BCUT2D eigenvalue weighted by atomic mass is 10.1. The molecule has 0 bridgehead atoms. The summed E-state index contributed by atoms with van der Waals surface area (Å²) in [5.41, 5.74) is 0.624. The van der Waals surface area contributed by atoms with E-state index in [1.165, 1.54) is 18.2 Å². The highest BCUT2D eigenvalue weighted by Crippen LogP contribution is 2.35. The summed E-state index contributed by atoms with van der Waals surface area (Å²) in [7, 11) is 0. The highest BCUT2D eigenvalue weighted by molar-refractivity contribution is 9.10. The first-order valence-corrected chi connectivity index (χ1v) is 10.8. The van der Waals surface area contributed by atoms with Gasteiger partial charge in [0.2, 0.25) is 0 Å². The molecule has 3 rings (SSSR count). The Morgan fingerprint density at radius 3 is 2.39 bits per heavy atom.